The molecular weight excluding hydrogens is 336 g/mol. The third-order valence-electron chi connectivity index (χ3n) is 4.22. The van der Waals surface area contributed by atoms with Gasteiger partial charge in [0.25, 0.3) is 0 Å². The summed E-state index contributed by atoms with van der Waals surface area (Å²) < 4.78 is 5.00. The second-order valence-corrected chi connectivity index (χ2v) is 6.05. The molecule has 10 heteroatoms. The first kappa shape index (κ1) is 19.4. The minimum atomic E-state index is -0.260. The van der Waals surface area contributed by atoms with Gasteiger partial charge in [0.2, 0.25) is 0 Å². The van der Waals surface area contributed by atoms with E-state index in [9.17, 15) is 4.79 Å². The summed E-state index contributed by atoms with van der Waals surface area (Å²) in [7, 11) is 0. The highest BCUT2D eigenvalue weighted by molar-refractivity contribution is 5.78. The molecule has 1 aliphatic rings. The van der Waals surface area contributed by atoms with Crippen LogP contribution in [0.5, 0.6) is 0 Å². The SMILES string of the molecule is CCOC(=O)N1CCC(NC(N)=NCCCc2[nH]nc(N)c2C#N)CC1. The number of piperidine rings is 1. The fraction of sp³-hybridized carbons (Fsp3) is 0.625. The highest BCUT2D eigenvalue weighted by atomic mass is 16.6. The Morgan fingerprint density at radius 1 is 1.54 bits per heavy atom. The molecule has 0 unspecified atom stereocenters. The molecule has 2 rings (SSSR count). The van der Waals surface area contributed by atoms with Crippen molar-refractivity contribution in [1.82, 2.24) is 20.4 Å². The number of hydrogen-bond acceptors (Lipinski definition) is 6. The molecule has 1 saturated heterocycles. The number of aryl methyl sites for hydroxylation is 1. The van der Waals surface area contributed by atoms with Crippen molar-refractivity contribution in [2.24, 2.45) is 10.7 Å². The Kier molecular flexibility index (Phi) is 7.08. The average Bonchev–Trinajstić information content (AvgIpc) is 2.99. The fourth-order valence-electron chi connectivity index (χ4n) is 2.83. The molecule has 0 aromatic carbocycles. The summed E-state index contributed by atoms with van der Waals surface area (Å²) >= 11 is 0. The van der Waals surface area contributed by atoms with E-state index in [2.05, 4.69) is 20.5 Å². The van der Waals surface area contributed by atoms with Gasteiger partial charge in [0, 0.05) is 25.7 Å². The lowest BCUT2D eigenvalue weighted by atomic mass is 10.1. The van der Waals surface area contributed by atoms with Gasteiger partial charge < -0.3 is 26.4 Å². The van der Waals surface area contributed by atoms with Crippen LogP contribution in [-0.2, 0) is 11.2 Å². The number of ether oxygens (including phenoxy) is 1. The highest BCUT2D eigenvalue weighted by Crippen LogP contribution is 2.13. The molecule has 6 N–H and O–H groups in total. The van der Waals surface area contributed by atoms with E-state index in [-0.39, 0.29) is 18.0 Å². The number of aromatic nitrogens is 2. The number of anilines is 1. The summed E-state index contributed by atoms with van der Waals surface area (Å²) in [6.45, 7) is 4.00. The number of carbonyl (C=O) groups excluding carboxylic acids is 1. The van der Waals surface area contributed by atoms with Crippen LogP contribution in [0.3, 0.4) is 0 Å². The molecule has 0 aliphatic carbocycles. The number of nitrogens with zero attached hydrogens (tertiary/aromatic N) is 4. The van der Waals surface area contributed by atoms with Crippen molar-refractivity contribution in [3.05, 3.63) is 11.3 Å². The first-order chi connectivity index (χ1) is 12.5. The van der Waals surface area contributed by atoms with E-state index in [1.165, 1.54) is 0 Å². The van der Waals surface area contributed by atoms with Crippen molar-refractivity contribution in [3.8, 4) is 6.07 Å². The Hall–Kier alpha value is -2.96. The van der Waals surface area contributed by atoms with Crippen LogP contribution in [0.1, 0.15) is 37.4 Å². The van der Waals surface area contributed by atoms with Crippen LogP contribution in [0, 0.1) is 11.3 Å². The van der Waals surface area contributed by atoms with Crippen molar-refractivity contribution in [2.45, 2.75) is 38.6 Å². The van der Waals surface area contributed by atoms with Gasteiger partial charge in [-0.3, -0.25) is 10.1 Å². The van der Waals surface area contributed by atoms with Crippen LogP contribution >= 0.6 is 0 Å². The van der Waals surface area contributed by atoms with Crippen LogP contribution in [0.15, 0.2) is 4.99 Å². The standard InChI is InChI=1S/C16H26N8O2/c1-2-26-16(25)24-8-5-11(6-9-24)21-15(19)20-7-3-4-13-12(10-17)14(18)23-22-13/h11H,2-9H2,1H3,(H3,18,22,23)(H3,19,20,21). The molecule has 0 saturated carbocycles. The summed E-state index contributed by atoms with van der Waals surface area (Å²) in [5.74, 6) is 0.616. The van der Waals surface area contributed by atoms with Gasteiger partial charge in [0.05, 0.1) is 12.3 Å². The molecule has 1 aromatic heterocycles. The van der Waals surface area contributed by atoms with Gasteiger partial charge >= 0.3 is 6.09 Å². The predicted octanol–water partition coefficient (Wildman–Crippen LogP) is 0.321. The smallest absolute Gasteiger partial charge is 0.409 e. The molecule has 0 radical (unpaired) electrons. The first-order valence-corrected chi connectivity index (χ1v) is 8.76. The molecule has 1 aromatic rings. The lowest BCUT2D eigenvalue weighted by molar-refractivity contribution is 0.0963. The molecule has 0 spiro atoms. The van der Waals surface area contributed by atoms with Gasteiger partial charge in [-0.15, -0.1) is 0 Å². The number of nitriles is 1. The quantitative estimate of drug-likeness (QED) is 0.322. The van der Waals surface area contributed by atoms with Crippen LogP contribution < -0.4 is 16.8 Å². The van der Waals surface area contributed by atoms with Crippen molar-refractivity contribution >= 4 is 17.9 Å². The number of rotatable bonds is 6. The van der Waals surface area contributed by atoms with E-state index in [4.69, 9.17) is 21.5 Å². The Balaban J connectivity index is 1.69. The van der Waals surface area contributed by atoms with E-state index in [1.54, 1.807) is 11.8 Å². The van der Waals surface area contributed by atoms with Crippen LogP contribution in [0.4, 0.5) is 10.6 Å². The molecular formula is C16H26N8O2. The van der Waals surface area contributed by atoms with Gasteiger partial charge in [0.1, 0.15) is 11.6 Å². The molecule has 0 bridgehead atoms. The van der Waals surface area contributed by atoms with Crippen LogP contribution in [0.2, 0.25) is 0 Å². The Bertz CT molecular complexity index is 670. The Morgan fingerprint density at radius 3 is 2.92 bits per heavy atom. The van der Waals surface area contributed by atoms with Gasteiger partial charge in [-0.2, -0.15) is 10.4 Å². The topological polar surface area (TPSA) is 158 Å². The molecule has 1 aliphatic heterocycles. The van der Waals surface area contributed by atoms with Crippen molar-refractivity contribution in [1.29, 1.82) is 5.26 Å². The van der Waals surface area contributed by atoms with Crippen LogP contribution in [0.25, 0.3) is 0 Å². The number of amides is 1. The van der Waals surface area contributed by atoms with E-state index in [0.717, 1.165) is 25.0 Å². The Labute approximate surface area is 152 Å². The number of aliphatic imine (C=N–C) groups is 1. The number of nitrogens with one attached hydrogen (secondary N) is 2. The van der Waals surface area contributed by atoms with Crippen molar-refractivity contribution in [3.63, 3.8) is 0 Å². The van der Waals surface area contributed by atoms with E-state index in [1.807, 2.05) is 6.07 Å². The van der Waals surface area contributed by atoms with Gasteiger partial charge in [-0.05, 0) is 32.6 Å². The maximum atomic E-state index is 11.7. The average molecular weight is 362 g/mol. The number of nitrogen functional groups attached to an aromatic ring is 1. The summed E-state index contributed by atoms with van der Waals surface area (Å²) in [6, 6.07) is 2.23. The molecule has 1 fully saturated rings. The number of nitrogens with two attached hydrogens (primary N) is 2. The molecule has 10 nitrogen and oxygen atoms in total. The monoisotopic (exact) mass is 362 g/mol. The largest absolute Gasteiger partial charge is 0.450 e. The maximum absolute atomic E-state index is 11.7. The lowest BCUT2D eigenvalue weighted by Crippen LogP contribution is -2.48. The van der Waals surface area contributed by atoms with Crippen molar-refractivity contribution < 1.29 is 9.53 Å². The first-order valence-electron chi connectivity index (χ1n) is 8.76. The highest BCUT2D eigenvalue weighted by Gasteiger charge is 2.23. The van der Waals surface area contributed by atoms with E-state index < -0.39 is 0 Å². The fourth-order valence-corrected chi connectivity index (χ4v) is 2.83. The third kappa shape index (κ3) is 5.27. The molecule has 0 atom stereocenters. The number of carbonyl (C=O) groups is 1. The molecule has 2 heterocycles. The summed E-state index contributed by atoms with van der Waals surface area (Å²) in [5.41, 5.74) is 12.6. The van der Waals surface area contributed by atoms with E-state index >= 15 is 0 Å². The number of hydrogen-bond donors (Lipinski definition) is 4. The normalized spacial score (nSPS) is 15.5. The summed E-state index contributed by atoms with van der Waals surface area (Å²) in [4.78, 5) is 17.7. The van der Waals surface area contributed by atoms with Crippen LogP contribution in [-0.4, -0.2) is 59.4 Å². The number of H-pyrrole nitrogens is 1. The second-order valence-electron chi connectivity index (χ2n) is 6.05. The molecule has 142 valence electrons. The summed E-state index contributed by atoms with van der Waals surface area (Å²) in [6.07, 6.45) is 2.69. The lowest BCUT2D eigenvalue weighted by Gasteiger charge is -2.31. The number of aromatic amines is 1. The predicted molar refractivity (Wildman–Crippen MR) is 97.3 cm³/mol. The van der Waals surface area contributed by atoms with Gasteiger partial charge in [-0.25, -0.2) is 4.79 Å². The maximum Gasteiger partial charge on any atom is 0.409 e. The van der Waals surface area contributed by atoms with Gasteiger partial charge in [-0.1, -0.05) is 0 Å². The summed E-state index contributed by atoms with van der Waals surface area (Å²) in [5, 5.41) is 18.8. The van der Waals surface area contributed by atoms with E-state index in [0.29, 0.717) is 44.2 Å². The third-order valence-corrected chi connectivity index (χ3v) is 4.22. The second kappa shape index (κ2) is 9.50. The molecule has 26 heavy (non-hydrogen) atoms. The zero-order valence-electron chi connectivity index (χ0n) is 15.0. The zero-order valence-corrected chi connectivity index (χ0v) is 15.0. The minimum Gasteiger partial charge on any atom is -0.450 e. The minimum absolute atomic E-state index is 0.196. The number of guanidine groups is 1. The Morgan fingerprint density at radius 2 is 2.27 bits per heavy atom. The van der Waals surface area contributed by atoms with Crippen molar-refractivity contribution in [2.75, 3.05) is 32.0 Å². The molecule has 1 amide bonds. The number of likely N-dealkylation sites (tertiary alicyclic amines) is 1. The van der Waals surface area contributed by atoms with Gasteiger partial charge in [0.15, 0.2) is 11.8 Å². The zero-order chi connectivity index (χ0) is 18.9.